The van der Waals surface area contributed by atoms with Gasteiger partial charge in [0.2, 0.25) is 5.83 Å². The van der Waals surface area contributed by atoms with Gasteiger partial charge in [0, 0.05) is 10.6 Å². The van der Waals surface area contributed by atoms with Crippen LogP contribution in [0.15, 0.2) is 30.1 Å². The van der Waals surface area contributed by atoms with E-state index >= 15 is 0 Å². The number of hydrogen-bond acceptors (Lipinski definition) is 2. The molecule has 0 spiro atoms. The third kappa shape index (κ3) is 2.91. The number of esters is 1. The van der Waals surface area contributed by atoms with Crippen LogP contribution in [0, 0.1) is 5.92 Å². The van der Waals surface area contributed by atoms with E-state index < -0.39 is 11.8 Å². The number of allylic oxidation sites excluding steroid dienone is 1. The smallest absolute Gasteiger partial charge is 0.367 e. The molecule has 1 fully saturated rings. The molecular formula is C14H14ClFO2. The van der Waals surface area contributed by atoms with Gasteiger partial charge >= 0.3 is 5.97 Å². The summed E-state index contributed by atoms with van der Waals surface area (Å²) in [4.78, 5) is 11.5. The maximum absolute atomic E-state index is 14.1. The van der Waals surface area contributed by atoms with Crippen molar-refractivity contribution in [2.24, 2.45) is 5.92 Å². The van der Waals surface area contributed by atoms with E-state index in [2.05, 4.69) is 0 Å². The second-order valence-corrected chi connectivity index (χ2v) is 4.67. The van der Waals surface area contributed by atoms with Crippen LogP contribution in [0.3, 0.4) is 0 Å². The third-order valence-corrected chi connectivity index (χ3v) is 3.08. The van der Waals surface area contributed by atoms with Crippen LogP contribution in [0.25, 0.3) is 5.57 Å². The lowest BCUT2D eigenvalue weighted by atomic mass is 10.0. The molecule has 1 saturated carbocycles. The van der Waals surface area contributed by atoms with Crippen molar-refractivity contribution in [2.75, 3.05) is 6.61 Å². The lowest BCUT2D eigenvalue weighted by Gasteiger charge is -2.08. The zero-order valence-electron chi connectivity index (χ0n) is 10.1. The highest BCUT2D eigenvalue weighted by molar-refractivity contribution is 6.30. The van der Waals surface area contributed by atoms with Gasteiger partial charge in [0.15, 0.2) is 0 Å². The Kier molecular flexibility index (Phi) is 4.02. The Labute approximate surface area is 110 Å². The molecule has 0 bridgehead atoms. The molecule has 1 aromatic rings. The van der Waals surface area contributed by atoms with Gasteiger partial charge in [-0.2, -0.15) is 4.39 Å². The first-order valence-corrected chi connectivity index (χ1v) is 6.34. The fourth-order valence-electron chi connectivity index (χ4n) is 1.85. The molecule has 4 heteroatoms. The molecule has 1 aromatic carbocycles. The summed E-state index contributed by atoms with van der Waals surface area (Å²) in [6.07, 6.45) is 1.82. The summed E-state index contributed by atoms with van der Waals surface area (Å²) in [6, 6.07) is 6.85. The molecule has 1 aliphatic carbocycles. The van der Waals surface area contributed by atoms with Gasteiger partial charge in [-0.15, -0.1) is 0 Å². The summed E-state index contributed by atoms with van der Waals surface area (Å²) in [5.74, 6) is -1.54. The van der Waals surface area contributed by atoms with Gasteiger partial charge in [-0.1, -0.05) is 23.7 Å². The summed E-state index contributed by atoms with van der Waals surface area (Å²) in [5.41, 5.74) is 1.15. The van der Waals surface area contributed by atoms with Crippen molar-refractivity contribution in [3.8, 4) is 0 Å². The number of halogens is 2. The molecule has 0 saturated heterocycles. The van der Waals surface area contributed by atoms with Gasteiger partial charge in [0.25, 0.3) is 0 Å². The van der Waals surface area contributed by atoms with Crippen molar-refractivity contribution in [1.29, 1.82) is 0 Å². The van der Waals surface area contributed by atoms with Crippen LogP contribution in [-0.2, 0) is 9.53 Å². The number of hydrogen-bond donors (Lipinski definition) is 0. The van der Waals surface area contributed by atoms with E-state index in [-0.39, 0.29) is 12.5 Å². The van der Waals surface area contributed by atoms with E-state index in [0.717, 1.165) is 12.8 Å². The minimum Gasteiger partial charge on any atom is -0.461 e. The minimum atomic E-state index is -0.880. The van der Waals surface area contributed by atoms with E-state index in [1.807, 2.05) is 0 Å². The monoisotopic (exact) mass is 268 g/mol. The van der Waals surface area contributed by atoms with E-state index in [1.54, 1.807) is 31.2 Å². The molecule has 18 heavy (non-hydrogen) atoms. The van der Waals surface area contributed by atoms with Crippen molar-refractivity contribution in [3.05, 3.63) is 40.7 Å². The Morgan fingerprint density at radius 1 is 1.39 bits per heavy atom. The molecule has 2 nitrogen and oxygen atoms in total. The number of carbonyl (C=O) groups is 1. The second-order valence-electron chi connectivity index (χ2n) is 4.23. The maximum Gasteiger partial charge on any atom is 0.367 e. The molecule has 96 valence electrons. The fourth-order valence-corrected chi connectivity index (χ4v) is 1.97. The Morgan fingerprint density at radius 3 is 2.50 bits per heavy atom. The molecular weight excluding hydrogens is 255 g/mol. The standard InChI is InChI=1S/C14H14ClFO2/c1-2-18-14(17)13(16)12(9-3-4-9)10-5-7-11(15)8-6-10/h5-9H,2-4H2,1H3. The summed E-state index contributed by atoms with van der Waals surface area (Å²) in [6.45, 7) is 1.83. The molecule has 0 radical (unpaired) electrons. The van der Waals surface area contributed by atoms with Crippen LogP contribution >= 0.6 is 11.6 Å². The zero-order valence-corrected chi connectivity index (χ0v) is 10.8. The lowest BCUT2D eigenvalue weighted by Crippen LogP contribution is -2.07. The molecule has 0 aliphatic heterocycles. The molecule has 0 amide bonds. The highest BCUT2D eigenvalue weighted by atomic mass is 35.5. The van der Waals surface area contributed by atoms with E-state index in [0.29, 0.717) is 16.2 Å². The van der Waals surface area contributed by atoms with Gasteiger partial charge in [-0.3, -0.25) is 0 Å². The predicted molar refractivity (Wildman–Crippen MR) is 68.8 cm³/mol. The maximum atomic E-state index is 14.1. The predicted octanol–water partition coefficient (Wildman–Crippen LogP) is 3.99. The Hall–Kier alpha value is -1.35. The average molecular weight is 269 g/mol. The van der Waals surface area contributed by atoms with Crippen LogP contribution in [0.2, 0.25) is 5.02 Å². The molecule has 1 aliphatic rings. The SMILES string of the molecule is CCOC(=O)C(F)=C(c1ccc(Cl)cc1)C1CC1. The highest BCUT2D eigenvalue weighted by Gasteiger charge is 2.32. The quantitative estimate of drug-likeness (QED) is 0.610. The Balaban J connectivity index is 2.36. The van der Waals surface area contributed by atoms with Gasteiger partial charge < -0.3 is 4.74 Å². The first kappa shape index (κ1) is 13.1. The normalized spacial score (nSPS) is 16.2. The van der Waals surface area contributed by atoms with Gasteiger partial charge in [-0.25, -0.2) is 4.79 Å². The summed E-state index contributed by atoms with van der Waals surface area (Å²) < 4.78 is 18.8. The molecule has 0 heterocycles. The van der Waals surface area contributed by atoms with Crippen LogP contribution in [-0.4, -0.2) is 12.6 Å². The minimum absolute atomic E-state index is 0.121. The molecule has 0 aromatic heterocycles. The van der Waals surface area contributed by atoms with Crippen molar-refractivity contribution >= 4 is 23.1 Å². The Bertz CT molecular complexity index is 475. The van der Waals surface area contributed by atoms with Crippen molar-refractivity contribution in [2.45, 2.75) is 19.8 Å². The van der Waals surface area contributed by atoms with Crippen molar-refractivity contribution < 1.29 is 13.9 Å². The number of ether oxygens (including phenoxy) is 1. The van der Waals surface area contributed by atoms with Gasteiger partial charge in [0.05, 0.1) is 6.61 Å². The lowest BCUT2D eigenvalue weighted by molar-refractivity contribution is -0.140. The largest absolute Gasteiger partial charge is 0.461 e. The van der Waals surface area contributed by atoms with Crippen LogP contribution in [0.5, 0.6) is 0 Å². The fraction of sp³-hybridized carbons (Fsp3) is 0.357. The molecule has 2 rings (SSSR count). The average Bonchev–Trinajstić information content (AvgIpc) is 3.16. The van der Waals surface area contributed by atoms with Crippen LogP contribution in [0.1, 0.15) is 25.3 Å². The molecule has 0 unspecified atom stereocenters. The number of rotatable bonds is 4. The second kappa shape index (κ2) is 5.53. The van der Waals surface area contributed by atoms with Crippen molar-refractivity contribution in [3.63, 3.8) is 0 Å². The summed E-state index contributed by atoms with van der Waals surface area (Å²) in [7, 11) is 0. The highest BCUT2D eigenvalue weighted by Crippen LogP contribution is 2.44. The molecule has 0 N–H and O–H groups in total. The first-order chi connectivity index (χ1) is 8.63. The summed E-state index contributed by atoms with van der Waals surface area (Å²) in [5, 5.41) is 0.588. The topological polar surface area (TPSA) is 26.3 Å². The van der Waals surface area contributed by atoms with E-state index in [1.165, 1.54) is 0 Å². The first-order valence-electron chi connectivity index (χ1n) is 5.96. The van der Waals surface area contributed by atoms with Crippen LogP contribution in [0.4, 0.5) is 4.39 Å². The van der Waals surface area contributed by atoms with Gasteiger partial charge in [0.1, 0.15) is 0 Å². The van der Waals surface area contributed by atoms with E-state index in [9.17, 15) is 9.18 Å². The Morgan fingerprint density at radius 2 is 2.00 bits per heavy atom. The molecule has 0 atom stereocenters. The van der Waals surface area contributed by atoms with Crippen molar-refractivity contribution in [1.82, 2.24) is 0 Å². The van der Waals surface area contributed by atoms with Crippen LogP contribution < -0.4 is 0 Å². The summed E-state index contributed by atoms with van der Waals surface area (Å²) >= 11 is 5.80. The number of carbonyl (C=O) groups excluding carboxylic acids is 1. The van der Waals surface area contributed by atoms with Gasteiger partial charge in [-0.05, 0) is 43.4 Å². The van der Waals surface area contributed by atoms with E-state index in [4.69, 9.17) is 16.3 Å². The third-order valence-electron chi connectivity index (χ3n) is 2.83. The zero-order chi connectivity index (χ0) is 13.1. The number of benzene rings is 1.